The van der Waals surface area contributed by atoms with Gasteiger partial charge >= 0.3 is 0 Å². The number of aromatic nitrogens is 2. The molecule has 0 aliphatic carbocycles. The number of anilines is 2. The first-order chi connectivity index (χ1) is 8.04. The first kappa shape index (κ1) is 11.2. The zero-order chi connectivity index (χ0) is 12.4. The Hall–Kier alpha value is -2.30. The fourth-order valence-corrected chi connectivity index (χ4v) is 1.44. The number of nitrogens with zero attached hydrogens (tertiary/aromatic N) is 2. The van der Waals surface area contributed by atoms with Crippen LogP contribution in [0.1, 0.15) is 11.1 Å². The van der Waals surface area contributed by atoms with Crippen LogP contribution in [0.4, 0.5) is 11.8 Å². The molecule has 0 saturated heterocycles. The van der Waals surface area contributed by atoms with Gasteiger partial charge in [-0.15, -0.1) is 0 Å². The van der Waals surface area contributed by atoms with Crippen LogP contribution in [0, 0.1) is 13.8 Å². The summed E-state index contributed by atoms with van der Waals surface area (Å²) in [7, 11) is 0. The number of rotatable bonds is 2. The van der Waals surface area contributed by atoms with E-state index in [1.54, 1.807) is 0 Å². The lowest BCUT2D eigenvalue weighted by Crippen LogP contribution is -2.01. The maximum Gasteiger partial charge on any atom is 0.226 e. The van der Waals surface area contributed by atoms with Gasteiger partial charge < -0.3 is 16.2 Å². The molecule has 2 rings (SSSR count). The van der Waals surface area contributed by atoms with Gasteiger partial charge in [0, 0.05) is 6.07 Å². The zero-order valence-corrected chi connectivity index (χ0v) is 9.77. The van der Waals surface area contributed by atoms with Gasteiger partial charge in [0.05, 0.1) is 0 Å². The third kappa shape index (κ3) is 2.63. The largest absolute Gasteiger partial charge is 0.438 e. The highest BCUT2D eigenvalue weighted by Crippen LogP contribution is 2.25. The molecule has 4 N–H and O–H groups in total. The summed E-state index contributed by atoms with van der Waals surface area (Å²) < 4.78 is 5.64. The second-order valence-corrected chi connectivity index (χ2v) is 3.86. The average Bonchev–Trinajstić information content (AvgIpc) is 2.22. The van der Waals surface area contributed by atoms with Gasteiger partial charge in [-0.2, -0.15) is 9.97 Å². The predicted molar refractivity (Wildman–Crippen MR) is 66.8 cm³/mol. The van der Waals surface area contributed by atoms with E-state index in [9.17, 15) is 0 Å². The molecule has 0 aliphatic heterocycles. The van der Waals surface area contributed by atoms with E-state index in [4.69, 9.17) is 16.2 Å². The Labute approximate surface area is 99.5 Å². The first-order valence-electron chi connectivity index (χ1n) is 5.20. The minimum absolute atomic E-state index is 0.102. The number of nitrogens with two attached hydrogens (primary N) is 2. The summed E-state index contributed by atoms with van der Waals surface area (Å²) in [6.45, 7) is 3.96. The second-order valence-electron chi connectivity index (χ2n) is 3.86. The molecule has 0 radical (unpaired) electrons. The van der Waals surface area contributed by atoms with Crippen LogP contribution < -0.4 is 16.2 Å². The molecule has 0 unspecified atom stereocenters. The molecule has 0 aliphatic rings. The summed E-state index contributed by atoms with van der Waals surface area (Å²) >= 11 is 0. The summed E-state index contributed by atoms with van der Waals surface area (Å²) in [4.78, 5) is 7.74. The summed E-state index contributed by atoms with van der Waals surface area (Å²) in [5, 5.41) is 0. The quantitative estimate of drug-likeness (QED) is 0.824. The fraction of sp³-hybridized carbons (Fsp3) is 0.167. The van der Waals surface area contributed by atoms with Gasteiger partial charge in [0.15, 0.2) is 0 Å². The van der Waals surface area contributed by atoms with Crippen LogP contribution in [0.3, 0.4) is 0 Å². The van der Waals surface area contributed by atoms with E-state index in [0.29, 0.717) is 5.88 Å². The normalized spacial score (nSPS) is 10.2. The lowest BCUT2D eigenvalue weighted by molar-refractivity contribution is 0.459. The topological polar surface area (TPSA) is 87.0 Å². The SMILES string of the molecule is Cc1ccc(C)c(Oc2cc(N)nc(N)n2)c1. The second kappa shape index (κ2) is 4.29. The van der Waals surface area contributed by atoms with E-state index in [-0.39, 0.29) is 11.8 Å². The lowest BCUT2D eigenvalue weighted by Gasteiger charge is -2.09. The Kier molecular flexibility index (Phi) is 2.82. The molecule has 0 saturated carbocycles. The van der Waals surface area contributed by atoms with Crippen molar-refractivity contribution in [2.75, 3.05) is 11.5 Å². The van der Waals surface area contributed by atoms with Crippen molar-refractivity contribution in [2.24, 2.45) is 0 Å². The number of ether oxygens (including phenoxy) is 1. The zero-order valence-electron chi connectivity index (χ0n) is 9.77. The minimum Gasteiger partial charge on any atom is -0.438 e. The van der Waals surface area contributed by atoms with E-state index in [0.717, 1.165) is 16.9 Å². The van der Waals surface area contributed by atoms with Crippen molar-refractivity contribution in [3.8, 4) is 11.6 Å². The highest BCUT2D eigenvalue weighted by molar-refractivity contribution is 5.42. The van der Waals surface area contributed by atoms with E-state index < -0.39 is 0 Å². The number of nitrogen functional groups attached to an aromatic ring is 2. The Bertz CT molecular complexity index is 534. The molecule has 88 valence electrons. The van der Waals surface area contributed by atoms with Crippen molar-refractivity contribution in [3.05, 3.63) is 35.4 Å². The van der Waals surface area contributed by atoms with Crippen LogP contribution >= 0.6 is 0 Å². The molecular weight excluding hydrogens is 216 g/mol. The predicted octanol–water partition coefficient (Wildman–Crippen LogP) is 2.05. The highest BCUT2D eigenvalue weighted by atomic mass is 16.5. The molecule has 0 atom stereocenters. The number of aryl methyl sites for hydroxylation is 2. The molecule has 2 aromatic rings. The van der Waals surface area contributed by atoms with Gasteiger partial charge in [0.1, 0.15) is 11.6 Å². The van der Waals surface area contributed by atoms with Crippen LogP contribution in [0.25, 0.3) is 0 Å². The molecule has 1 aromatic carbocycles. The summed E-state index contributed by atoms with van der Waals surface area (Å²) in [6.07, 6.45) is 0. The maximum atomic E-state index is 5.64. The van der Waals surface area contributed by atoms with Crippen LogP contribution in [-0.2, 0) is 0 Å². The molecule has 1 heterocycles. The molecule has 0 bridgehead atoms. The number of hydrogen-bond acceptors (Lipinski definition) is 5. The molecule has 0 fully saturated rings. The van der Waals surface area contributed by atoms with Crippen molar-refractivity contribution in [1.29, 1.82) is 0 Å². The minimum atomic E-state index is 0.102. The first-order valence-corrected chi connectivity index (χ1v) is 5.20. The molecule has 0 amide bonds. The van der Waals surface area contributed by atoms with Crippen molar-refractivity contribution in [2.45, 2.75) is 13.8 Å². The highest BCUT2D eigenvalue weighted by Gasteiger charge is 2.05. The molecule has 17 heavy (non-hydrogen) atoms. The van der Waals surface area contributed by atoms with Crippen LogP contribution in [0.2, 0.25) is 0 Å². The standard InChI is InChI=1S/C12H14N4O/c1-7-3-4-8(2)9(5-7)17-11-6-10(13)15-12(14)16-11/h3-6H,1-2H3,(H4,13,14,15,16). The van der Waals surface area contributed by atoms with Gasteiger partial charge in [-0.3, -0.25) is 0 Å². The molecule has 0 spiro atoms. The lowest BCUT2D eigenvalue weighted by atomic mass is 10.1. The molecular formula is C12H14N4O. The van der Waals surface area contributed by atoms with Crippen LogP contribution in [0.5, 0.6) is 11.6 Å². The Balaban J connectivity index is 2.34. The fourth-order valence-electron chi connectivity index (χ4n) is 1.44. The number of hydrogen-bond donors (Lipinski definition) is 2. The third-order valence-corrected chi connectivity index (χ3v) is 2.30. The Morgan fingerprint density at radius 2 is 1.82 bits per heavy atom. The van der Waals surface area contributed by atoms with Gasteiger partial charge in [0.25, 0.3) is 0 Å². The Morgan fingerprint density at radius 3 is 2.53 bits per heavy atom. The monoisotopic (exact) mass is 230 g/mol. The van der Waals surface area contributed by atoms with Gasteiger partial charge in [-0.25, -0.2) is 0 Å². The van der Waals surface area contributed by atoms with Crippen LogP contribution in [0.15, 0.2) is 24.3 Å². The van der Waals surface area contributed by atoms with Crippen LogP contribution in [-0.4, -0.2) is 9.97 Å². The molecule has 5 nitrogen and oxygen atoms in total. The summed E-state index contributed by atoms with van der Waals surface area (Å²) in [5.41, 5.74) is 13.2. The summed E-state index contributed by atoms with van der Waals surface area (Å²) in [5.74, 6) is 1.48. The van der Waals surface area contributed by atoms with Crippen molar-refractivity contribution >= 4 is 11.8 Å². The van der Waals surface area contributed by atoms with Crippen molar-refractivity contribution < 1.29 is 4.74 Å². The van der Waals surface area contributed by atoms with Gasteiger partial charge in [-0.05, 0) is 31.0 Å². The average molecular weight is 230 g/mol. The van der Waals surface area contributed by atoms with Crippen molar-refractivity contribution in [1.82, 2.24) is 9.97 Å². The maximum absolute atomic E-state index is 5.64. The van der Waals surface area contributed by atoms with E-state index in [2.05, 4.69) is 9.97 Å². The van der Waals surface area contributed by atoms with Crippen molar-refractivity contribution in [3.63, 3.8) is 0 Å². The van der Waals surface area contributed by atoms with E-state index in [1.807, 2.05) is 32.0 Å². The van der Waals surface area contributed by atoms with Gasteiger partial charge in [0.2, 0.25) is 11.8 Å². The van der Waals surface area contributed by atoms with Gasteiger partial charge in [-0.1, -0.05) is 12.1 Å². The smallest absolute Gasteiger partial charge is 0.226 e. The molecule has 5 heteroatoms. The summed E-state index contributed by atoms with van der Waals surface area (Å²) in [6, 6.07) is 7.48. The molecule has 1 aromatic heterocycles. The number of benzene rings is 1. The van der Waals surface area contributed by atoms with E-state index >= 15 is 0 Å². The Morgan fingerprint density at radius 1 is 1.06 bits per heavy atom. The third-order valence-electron chi connectivity index (χ3n) is 2.30. The van der Waals surface area contributed by atoms with E-state index in [1.165, 1.54) is 6.07 Å².